The third-order valence-electron chi connectivity index (χ3n) is 4.45. The maximum atomic E-state index is 12.9. The molecule has 3 aromatic rings. The van der Waals surface area contributed by atoms with Gasteiger partial charge >= 0.3 is 0 Å². The number of carbonyl (C=O) groups is 1. The molecule has 1 aromatic heterocycles. The summed E-state index contributed by atoms with van der Waals surface area (Å²) >= 11 is 0. The SMILES string of the molecule is CC1=NN(c2ccccc2)C(=O)/C1=C\c1cccn1-c1ccc(C)cc1. The Morgan fingerprint density at radius 1 is 0.846 bits per heavy atom. The van der Waals surface area contributed by atoms with Crippen LogP contribution in [-0.2, 0) is 4.79 Å². The van der Waals surface area contributed by atoms with E-state index in [-0.39, 0.29) is 5.91 Å². The van der Waals surface area contributed by atoms with E-state index in [1.165, 1.54) is 10.6 Å². The van der Waals surface area contributed by atoms with Crippen molar-refractivity contribution in [2.45, 2.75) is 13.8 Å². The lowest BCUT2D eigenvalue weighted by molar-refractivity contribution is -0.114. The van der Waals surface area contributed by atoms with Crippen LogP contribution in [0.2, 0.25) is 0 Å². The molecular weight excluding hydrogens is 322 g/mol. The fraction of sp³-hybridized carbons (Fsp3) is 0.0909. The average Bonchev–Trinajstić information content (AvgIpc) is 3.23. The van der Waals surface area contributed by atoms with Crippen molar-refractivity contribution in [2.24, 2.45) is 5.10 Å². The summed E-state index contributed by atoms with van der Waals surface area (Å²) in [4.78, 5) is 12.9. The average molecular weight is 341 g/mol. The van der Waals surface area contributed by atoms with E-state index in [4.69, 9.17) is 0 Å². The van der Waals surface area contributed by atoms with Crippen molar-refractivity contribution in [2.75, 3.05) is 5.01 Å². The number of aryl methyl sites for hydroxylation is 1. The number of anilines is 1. The van der Waals surface area contributed by atoms with Crippen LogP contribution in [-0.4, -0.2) is 16.2 Å². The summed E-state index contributed by atoms with van der Waals surface area (Å²) in [5.41, 5.74) is 5.33. The molecule has 0 spiro atoms. The molecule has 1 aliphatic rings. The highest BCUT2D eigenvalue weighted by atomic mass is 16.2. The molecule has 0 unspecified atom stereocenters. The van der Waals surface area contributed by atoms with Crippen LogP contribution < -0.4 is 5.01 Å². The maximum absolute atomic E-state index is 12.9. The zero-order valence-electron chi connectivity index (χ0n) is 14.8. The Hall–Kier alpha value is -3.40. The third-order valence-corrected chi connectivity index (χ3v) is 4.45. The normalized spacial score (nSPS) is 15.6. The number of nitrogens with zero attached hydrogens (tertiary/aromatic N) is 3. The number of para-hydroxylation sites is 1. The van der Waals surface area contributed by atoms with Crippen LogP contribution in [0, 0.1) is 6.92 Å². The first-order valence-corrected chi connectivity index (χ1v) is 8.55. The highest BCUT2D eigenvalue weighted by Crippen LogP contribution is 2.25. The first-order chi connectivity index (χ1) is 12.6. The van der Waals surface area contributed by atoms with Gasteiger partial charge in [0.1, 0.15) is 0 Å². The molecule has 0 saturated carbocycles. The Bertz CT molecular complexity index is 1010. The monoisotopic (exact) mass is 341 g/mol. The van der Waals surface area contributed by atoms with Gasteiger partial charge in [-0.25, -0.2) is 0 Å². The number of hydrogen-bond donors (Lipinski definition) is 0. The Morgan fingerprint density at radius 3 is 2.31 bits per heavy atom. The van der Waals surface area contributed by atoms with Gasteiger partial charge < -0.3 is 4.57 Å². The van der Waals surface area contributed by atoms with Crippen LogP contribution in [0.25, 0.3) is 11.8 Å². The summed E-state index contributed by atoms with van der Waals surface area (Å²) in [7, 11) is 0. The first-order valence-electron chi connectivity index (χ1n) is 8.55. The highest BCUT2D eigenvalue weighted by Gasteiger charge is 2.28. The predicted octanol–water partition coefficient (Wildman–Crippen LogP) is 4.59. The van der Waals surface area contributed by atoms with E-state index < -0.39 is 0 Å². The lowest BCUT2D eigenvalue weighted by atomic mass is 10.1. The molecular formula is C22H19N3O. The van der Waals surface area contributed by atoms with Gasteiger partial charge in [0.2, 0.25) is 0 Å². The molecule has 0 fully saturated rings. The molecule has 0 aliphatic carbocycles. The number of carbonyl (C=O) groups excluding carboxylic acids is 1. The first kappa shape index (κ1) is 16.1. The van der Waals surface area contributed by atoms with Crippen molar-refractivity contribution in [3.63, 3.8) is 0 Å². The maximum Gasteiger partial charge on any atom is 0.280 e. The minimum atomic E-state index is -0.106. The molecule has 1 amide bonds. The van der Waals surface area contributed by atoms with Gasteiger partial charge in [-0.05, 0) is 56.3 Å². The van der Waals surface area contributed by atoms with Crippen LogP contribution >= 0.6 is 0 Å². The molecule has 4 heteroatoms. The van der Waals surface area contributed by atoms with Crippen molar-refractivity contribution in [1.82, 2.24) is 4.57 Å². The van der Waals surface area contributed by atoms with Crippen LogP contribution in [0.1, 0.15) is 18.2 Å². The molecule has 2 aromatic carbocycles. The minimum absolute atomic E-state index is 0.106. The van der Waals surface area contributed by atoms with E-state index in [0.717, 1.165) is 22.8 Å². The zero-order valence-corrected chi connectivity index (χ0v) is 14.8. The Kier molecular flexibility index (Phi) is 4.01. The molecule has 0 atom stereocenters. The summed E-state index contributed by atoms with van der Waals surface area (Å²) < 4.78 is 2.07. The van der Waals surface area contributed by atoms with Crippen molar-refractivity contribution in [3.8, 4) is 5.69 Å². The summed E-state index contributed by atoms with van der Waals surface area (Å²) in [6, 6.07) is 21.8. The smallest absolute Gasteiger partial charge is 0.280 e. The summed E-state index contributed by atoms with van der Waals surface area (Å²) in [5, 5.41) is 5.90. The predicted molar refractivity (Wildman–Crippen MR) is 106 cm³/mol. The molecule has 2 heterocycles. The van der Waals surface area contributed by atoms with Gasteiger partial charge in [-0.3, -0.25) is 4.79 Å². The number of hydrazone groups is 1. The van der Waals surface area contributed by atoms with Gasteiger partial charge in [0.05, 0.1) is 17.0 Å². The molecule has 128 valence electrons. The van der Waals surface area contributed by atoms with Gasteiger partial charge in [-0.2, -0.15) is 10.1 Å². The molecule has 1 aliphatic heterocycles. The van der Waals surface area contributed by atoms with Gasteiger partial charge in [-0.15, -0.1) is 0 Å². The number of hydrogen-bond acceptors (Lipinski definition) is 2. The van der Waals surface area contributed by atoms with Gasteiger partial charge in [0.25, 0.3) is 5.91 Å². The molecule has 0 bridgehead atoms. The van der Waals surface area contributed by atoms with Crippen LogP contribution in [0.4, 0.5) is 5.69 Å². The molecule has 0 radical (unpaired) electrons. The van der Waals surface area contributed by atoms with Crippen molar-refractivity contribution in [3.05, 3.63) is 89.8 Å². The van der Waals surface area contributed by atoms with E-state index in [1.54, 1.807) is 0 Å². The zero-order chi connectivity index (χ0) is 18.1. The molecule has 26 heavy (non-hydrogen) atoms. The van der Waals surface area contributed by atoms with E-state index in [2.05, 4.69) is 40.9 Å². The molecule has 4 rings (SSSR count). The van der Waals surface area contributed by atoms with E-state index >= 15 is 0 Å². The van der Waals surface area contributed by atoms with Gasteiger partial charge in [0.15, 0.2) is 0 Å². The second kappa shape index (κ2) is 6.48. The molecule has 0 N–H and O–H groups in total. The van der Waals surface area contributed by atoms with E-state index in [1.807, 2.05) is 61.7 Å². The fourth-order valence-electron chi connectivity index (χ4n) is 3.03. The standard InChI is InChI=1S/C22H19N3O/c1-16-10-12-18(13-11-16)24-14-6-9-20(24)15-21-17(2)23-25(22(21)26)19-7-4-3-5-8-19/h3-15H,1-2H3/b21-15-. The van der Waals surface area contributed by atoms with Gasteiger partial charge in [-0.1, -0.05) is 35.9 Å². The lowest BCUT2D eigenvalue weighted by Gasteiger charge is -2.11. The minimum Gasteiger partial charge on any atom is -0.317 e. The Labute approximate surface area is 152 Å². The summed E-state index contributed by atoms with van der Waals surface area (Å²) in [6.07, 6.45) is 3.90. The molecule has 4 nitrogen and oxygen atoms in total. The number of benzene rings is 2. The highest BCUT2D eigenvalue weighted by molar-refractivity contribution is 6.32. The Morgan fingerprint density at radius 2 is 1.58 bits per heavy atom. The largest absolute Gasteiger partial charge is 0.317 e. The lowest BCUT2D eigenvalue weighted by Crippen LogP contribution is -2.21. The third kappa shape index (κ3) is 2.86. The van der Waals surface area contributed by atoms with Crippen LogP contribution in [0.3, 0.4) is 0 Å². The van der Waals surface area contributed by atoms with E-state index in [9.17, 15) is 4.79 Å². The van der Waals surface area contributed by atoms with Crippen molar-refractivity contribution >= 4 is 23.4 Å². The number of rotatable bonds is 3. The van der Waals surface area contributed by atoms with Crippen molar-refractivity contribution in [1.29, 1.82) is 0 Å². The summed E-state index contributed by atoms with van der Waals surface area (Å²) in [6.45, 7) is 3.93. The van der Waals surface area contributed by atoms with Crippen LogP contribution in [0.15, 0.2) is 83.6 Å². The van der Waals surface area contributed by atoms with Gasteiger partial charge in [0, 0.05) is 17.6 Å². The van der Waals surface area contributed by atoms with Crippen LogP contribution in [0.5, 0.6) is 0 Å². The second-order valence-electron chi connectivity index (χ2n) is 6.33. The second-order valence-corrected chi connectivity index (χ2v) is 6.33. The number of amides is 1. The van der Waals surface area contributed by atoms with E-state index in [0.29, 0.717) is 5.57 Å². The molecule has 0 saturated heterocycles. The van der Waals surface area contributed by atoms with Crippen molar-refractivity contribution < 1.29 is 4.79 Å². The fourth-order valence-corrected chi connectivity index (χ4v) is 3.03. The number of aromatic nitrogens is 1. The Balaban J connectivity index is 1.70. The summed E-state index contributed by atoms with van der Waals surface area (Å²) in [5.74, 6) is -0.106. The quantitative estimate of drug-likeness (QED) is 0.642. The topological polar surface area (TPSA) is 37.6 Å².